The molecule has 0 bridgehead atoms. The average molecular weight is 419 g/mol. The number of carbonyl (C=O) groups excluding carboxylic acids is 1. The first-order valence-electron chi connectivity index (χ1n) is 10.7. The molecule has 0 unspecified atom stereocenters. The molecule has 2 aliphatic rings. The first kappa shape index (κ1) is 19.6. The van der Waals surface area contributed by atoms with E-state index in [4.69, 9.17) is 9.47 Å². The number of hydrogen-bond acceptors (Lipinski definition) is 4. The number of hydrogen-bond donors (Lipinski definition) is 2. The van der Waals surface area contributed by atoms with E-state index in [0.29, 0.717) is 0 Å². The third-order valence-electron chi connectivity index (χ3n) is 6.25. The maximum absolute atomic E-state index is 13.3. The van der Waals surface area contributed by atoms with Crippen LogP contribution in [-0.4, -0.2) is 19.7 Å². The molecule has 1 saturated carbocycles. The highest BCUT2D eigenvalue weighted by molar-refractivity contribution is 6.02. The van der Waals surface area contributed by atoms with Gasteiger partial charge in [-0.1, -0.05) is 36.4 Å². The molecule has 5 nitrogen and oxygen atoms in total. The molecule has 0 saturated heterocycles. The van der Waals surface area contributed by atoms with Gasteiger partial charge in [-0.05, 0) is 78.9 Å². The molecule has 0 atom stereocenters. The van der Waals surface area contributed by atoms with Crippen LogP contribution >= 0.6 is 0 Å². The number of benzene rings is 3. The Morgan fingerprint density at radius 1 is 1.00 bits per heavy atom. The van der Waals surface area contributed by atoms with Crippen LogP contribution in [0.4, 0.5) is 5.69 Å². The van der Waals surface area contributed by atoms with Crippen molar-refractivity contribution in [2.45, 2.75) is 31.7 Å². The summed E-state index contributed by atoms with van der Waals surface area (Å²) in [5.41, 5.74) is 6.01. The summed E-state index contributed by atoms with van der Waals surface area (Å²) in [6, 6.07) is 20.5. The van der Waals surface area contributed by atoms with Crippen LogP contribution in [0, 0.1) is 6.92 Å². The minimum Gasteiger partial charge on any atom is -0.454 e. The van der Waals surface area contributed by atoms with Crippen molar-refractivity contribution in [2.75, 3.05) is 19.2 Å². The van der Waals surface area contributed by atoms with Gasteiger partial charge in [0, 0.05) is 15.1 Å². The summed E-state index contributed by atoms with van der Waals surface area (Å²) in [7, 11) is 1.94. The Morgan fingerprint density at radius 3 is 2.52 bits per heavy atom. The van der Waals surface area contributed by atoms with Crippen LogP contribution in [0.3, 0.4) is 0 Å². The molecular formula is C26H30N2O3. The van der Waals surface area contributed by atoms with Crippen molar-refractivity contribution in [1.82, 2.24) is 5.32 Å². The zero-order valence-corrected chi connectivity index (χ0v) is 17.8. The Hall–Kier alpha value is -3.31. The molecule has 1 heterocycles. The highest BCUT2D eigenvalue weighted by atomic mass is 16.7. The largest absolute Gasteiger partial charge is 0.454 e. The van der Waals surface area contributed by atoms with Gasteiger partial charge in [0.05, 0.1) is 5.41 Å². The molecule has 162 valence electrons. The molecule has 0 radical (unpaired) electrons. The van der Waals surface area contributed by atoms with Gasteiger partial charge in [-0.25, -0.2) is 0 Å². The number of amides is 1. The fourth-order valence-electron chi connectivity index (χ4n) is 4.23. The van der Waals surface area contributed by atoms with E-state index in [1.165, 1.54) is 11.1 Å². The Morgan fingerprint density at radius 2 is 1.77 bits per heavy atom. The lowest BCUT2D eigenvalue weighted by molar-refractivity contribution is -0.118. The molecule has 5 rings (SSSR count). The van der Waals surface area contributed by atoms with Crippen molar-refractivity contribution in [2.24, 2.45) is 0 Å². The monoisotopic (exact) mass is 418 g/mol. The fourth-order valence-corrected chi connectivity index (χ4v) is 4.23. The topological polar surface area (TPSA) is 59.6 Å². The highest BCUT2D eigenvalue weighted by Gasteiger charge is 2.51. The molecule has 1 aliphatic heterocycles. The van der Waals surface area contributed by atoms with Crippen molar-refractivity contribution in [3.63, 3.8) is 0 Å². The fraction of sp³-hybridized carbons (Fsp3) is 0.269. The summed E-state index contributed by atoms with van der Waals surface area (Å²) in [4.78, 5) is 13.3. The molecule has 2 N–H and O–H groups in total. The zero-order chi connectivity index (χ0) is 21.4. The van der Waals surface area contributed by atoms with E-state index >= 15 is 0 Å². The molecule has 1 amide bonds. The third kappa shape index (κ3) is 3.66. The first-order valence-corrected chi connectivity index (χ1v) is 10.7. The summed E-state index contributed by atoms with van der Waals surface area (Å²) in [6.45, 7) is 3.18. The van der Waals surface area contributed by atoms with Crippen LogP contribution in [0.2, 0.25) is 0 Å². The second kappa shape index (κ2) is 7.75. The van der Waals surface area contributed by atoms with Gasteiger partial charge in [0.15, 0.2) is 11.5 Å². The summed E-state index contributed by atoms with van der Waals surface area (Å²) >= 11 is 0. The minimum atomic E-state index is -0.485. The van der Waals surface area contributed by atoms with E-state index in [2.05, 4.69) is 54.0 Å². The SMILES string of the molecule is CNCc1ccc(-c2cc(NC(=O)C3(c4ccc5c(c4)OCO5)CC3)ccc2C)cc1.[HH].[HH]. The van der Waals surface area contributed by atoms with E-state index in [1.807, 2.05) is 31.3 Å². The molecule has 5 heteroatoms. The van der Waals surface area contributed by atoms with Gasteiger partial charge < -0.3 is 20.1 Å². The van der Waals surface area contributed by atoms with Crippen LogP contribution in [0.1, 0.15) is 32.4 Å². The van der Waals surface area contributed by atoms with Crippen molar-refractivity contribution in [3.05, 3.63) is 77.4 Å². The summed E-state index contributed by atoms with van der Waals surface area (Å²) in [6.07, 6.45) is 1.67. The van der Waals surface area contributed by atoms with Gasteiger partial charge in [-0.3, -0.25) is 4.79 Å². The van der Waals surface area contributed by atoms with Gasteiger partial charge in [-0.15, -0.1) is 0 Å². The molecule has 1 aliphatic carbocycles. The average Bonchev–Trinajstić information content (AvgIpc) is 3.47. The normalized spacial score (nSPS) is 15.5. The Labute approximate surface area is 185 Å². The van der Waals surface area contributed by atoms with Gasteiger partial charge in [0.2, 0.25) is 12.7 Å². The molecule has 3 aromatic carbocycles. The van der Waals surface area contributed by atoms with Crippen molar-refractivity contribution in [3.8, 4) is 22.6 Å². The predicted molar refractivity (Wildman–Crippen MR) is 126 cm³/mol. The summed E-state index contributed by atoms with van der Waals surface area (Å²) in [5, 5.41) is 6.33. The van der Waals surface area contributed by atoms with Gasteiger partial charge in [0.25, 0.3) is 0 Å². The smallest absolute Gasteiger partial charge is 0.235 e. The zero-order valence-electron chi connectivity index (χ0n) is 17.8. The number of aryl methyl sites for hydroxylation is 1. The van der Waals surface area contributed by atoms with Crippen LogP contribution in [0.25, 0.3) is 11.1 Å². The van der Waals surface area contributed by atoms with Crippen molar-refractivity contribution < 1.29 is 17.1 Å². The van der Waals surface area contributed by atoms with E-state index in [9.17, 15) is 4.79 Å². The number of ether oxygens (including phenoxy) is 2. The molecule has 0 aromatic heterocycles. The minimum absolute atomic E-state index is 0. The number of anilines is 1. The van der Waals surface area contributed by atoms with Crippen molar-refractivity contribution >= 4 is 11.6 Å². The lowest BCUT2D eigenvalue weighted by atomic mass is 9.94. The Kier molecular flexibility index (Phi) is 4.91. The van der Waals surface area contributed by atoms with Crippen LogP contribution in [0.15, 0.2) is 60.7 Å². The predicted octanol–water partition coefficient (Wildman–Crippen LogP) is 5.27. The Balaban J connectivity index is 0.00000153. The van der Waals surface area contributed by atoms with Gasteiger partial charge in [0.1, 0.15) is 0 Å². The number of nitrogens with one attached hydrogen (secondary N) is 2. The lowest BCUT2D eigenvalue weighted by Crippen LogP contribution is -2.27. The van der Waals surface area contributed by atoms with E-state index in [1.54, 1.807) is 0 Å². The molecule has 31 heavy (non-hydrogen) atoms. The lowest BCUT2D eigenvalue weighted by Gasteiger charge is -2.17. The summed E-state index contributed by atoms with van der Waals surface area (Å²) in [5.74, 6) is 1.49. The quantitative estimate of drug-likeness (QED) is 0.572. The molecule has 1 fully saturated rings. The number of carbonyl (C=O) groups is 1. The third-order valence-corrected chi connectivity index (χ3v) is 6.25. The standard InChI is InChI=1S/C26H26N2O3.2H2/c1-17-3-9-21(14-22(17)19-6-4-18(5-7-19)15-27-2)28-25(29)26(11-12-26)20-8-10-23-24(13-20)31-16-30-23;;/h3-10,13-14,27H,11-12,15-16H2,1-2H3,(H,28,29);2*1H. The van der Waals surface area contributed by atoms with E-state index in [0.717, 1.165) is 53.3 Å². The van der Waals surface area contributed by atoms with E-state index < -0.39 is 5.41 Å². The summed E-state index contributed by atoms with van der Waals surface area (Å²) < 4.78 is 10.9. The van der Waals surface area contributed by atoms with Crippen molar-refractivity contribution in [1.29, 1.82) is 0 Å². The van der Waals surface area contributed by atoms with Crippen LogP contribution in [-0.2, 0) is 16.8 Å². The van der Waals surface area contributed by atoms with Gasteiger partial charge >= 0.3 is 0 Å². The number of fused-ring (bicyclic) bond motifs is 1. The van der Waals surface area contributed by atoms with Crippen LogP contribution in [0.5, 0.6) is 11.5 Å². The maximum atomic E-state index is 13.3. The molecule has 3 aromatic rings. The molecular weight excluding hydrogens is 388 g/mol. The molecule has 0 spiro atoms. The second-order valence-corrected chi connectivity index (χ2v) is 8.36. The van der Waals surface area contributed by atoms with Crippen LogP contribution < -0.4 is 20.1 Å². The van der Waals surface area contributed by atoms with E-state index in [-0.39, 0.29) is 15.6 Å². The number of rotatable bonds is 6. The maximum Gasteiger partial charge on any atom is 0.235 e. The Bertz CT molecular complexity index is 1140. The highest BCUT2D eigenvalue weighted by Crippen LogP contribution is 2.51. The first-order chi connectivity index (χ1) is 15.1. The second-order valence-electron chi connectivity index (χ2n) is 8.36. The van der Waals surface area contributed by atoms with Gasteiger partial charge in [-0.2, -0.15) is 0 Å².